The molecule has 1 aliphatic carbocycles. The number of nitrogens with zero attached hydrogens (tertiary/aromatic N) is 3. The second-order valence-corrected chi connectivity index (χ2v) is 22.5. The molecule has 15 rings (SSSR count). The van der Waals surface area contributed by atoms with Gasteiger partial charge in [-0.15, -0.1) is 0 Å². The minimum Gasteiger partial charge on any atom is -0.311 e. The molecule has 3 nitrogen and oxygen atoms in total. The smallest absolute Gasteiger partial charge is 0.0620 e. The van der Waals surface area contributed by atoms with E-state index < -0.39 is 0 Å². The molecule has 0 saturated carbocycles. The second-order valence-electron chi connectivity index (χ2n) is 22.5. The Morgan fingerprint density at radius 3 is 1.20 bits per heavy atom. The summed E-state index contributed by atoms with van der Waals surface area (Å²) in [5.74, 6) is 0. The van der Waals surface area contributed by atoms with Crippen molar-refractivity contribution in [2.75, 3.05) is 9.80 Å². The van der Waals surface area contributed by atoms with Crippen molar-refractivity contribution in [1.82, 2.24) is 4.57 Å². The van der Waals surface area contributed by atoms with E-state index in [-0.39, 0.29) is 5.41 Å². The van der Waals surface area contributed by atoms with E-state index in [0.717, 1.165) is 39.8 Å². The van der Waals surface area contributed by atoms with Crippen LogP contribution < -0.4 is 9.80 Å². The average molecular weight is 1070 g/mol. The number of hydrogen-bond donors (Lipinski definition) is 0. The normalized spacial score (nSPS) is 12.3. The van der Waals surface area contributed by atoms with Crippen LogP contribution in [0, 0.1) is 0 Å². The van der Waals surface area contributed by atoms with Gasteiger partial charge in [-0.3, -0.25) is 0 Å². The molecule has 0 amide bonds. The maximum absolute atomic E-state index is 2.52. The molecule has 0 spiro atoms. The average Bonchev–Trinajstić information content (AvgIpc) is 1.94. The van der Waals surface area contributed by atoms with Crippen LogP contribution in [0.25, 0.3) is 94.3 Å². The largest absolute Gasteiger partial charge is 0.311 e. The third-order valence-electron chi connectivity index (χ3n) is 17.2. The fraction of sp³-hybridized carbons (Fsp3) is 0.0370. The maximum atomic E-state index is 2.52. The summed E-state index contributed by atoms with van der Waals surface area (Å²) in [4.78, 5) is 4.73. The quantitative estimate of drug-likeness (QED) is 0.121. The van der Waals surface area contributed by atoms with E-state index in [2.05, 4.69) is 350 Å². The van der Waals surface area contributed by atoms with Gasteiger partial charge >= 0.3 is 0 Å². The number of rotatable bonds is 12. The number of para-hydroxylation sites is 2. The van der Waals surface area contributed by atoms with E-state index in [1.807, 2.05) is 0 Å². The van der Waals surface area contributed by atoms with Crippen LogP contribution in [0.3, 0.4) is 0 Å². The molecule has 0 radical (unpaired) electrons. The Labute approximate surface area is 491 Å². The van der Waals surface area contributed by atoms with Gasteiger partial charge in [0.2, 0.25) is 0 Å². The highest BCUT2D eigenvalue weighted by molar-refractivity contribution is 6.18. The van der Waals surface area contributed by atoms with Crippen LogP contribution in [0.15, 0.2) is 322 Å². The Bertz CT molecular complexity index is 4630. The van der Waals surface area contributed by atoms with Crippen molar-refractivity contribution >= 4 is 55.8 Å². The molecule has 1 heterocycles. The summed E-state index contributed by atoms with van der Waals surface area (Å²) in [6.45, 7) is 4.80. The molecule has 0 aliphatic heterocycles. The Morgan fingerprint density at radius 2 is 0.655 bits per heavy atom. The minimum atomic E-state index is -0.303. The lowest BCUT2D eigenvalue weighted by molar-refractivity contribution is 0.660. The highest BCUT2D eigenvalue weighted by atomic mass is 15.2. The molecule has 0 saturated heterocycles. The molecule has 13 aromatic carbocycles. The van der Waals surface area contributed by atoms with Crippen LogP contribution in [0.5, 0.6) is 0 Å². The van der Waals surface area contributed by atoms with Gasteiger partial charge in [0.1, 0.15) is 0 Å². The van der Waals surface area contributed by atoms with Gasteiger partial charge in [0.15, 0.2) is 0 Å². The van der Waals surface area contributed by atoms with Crippen molar-refractivity contribution < 1.29 is 0 Å². The Balaban J connectivity index is 0.843. The molecular weight excluding hydrogens is 1010 g/mol. The van der Waals surface area contributed by atoms with Crippen molar-refractivity contribution in [3.05, 3.63) is 333 Å². The first-order valence-electron chi connectivity index (χ1n) is 29.1. The molecule has 3 heteroatoms. The molecule has 1 aromatic heterocycles. The predicted octanol–water partition coefficient (Wildman–Crippen LogP) is 22.4. The predicted molar refractivity (Wildman–Crippen MR) is 355 cm³/mol. The SMILES string of the molecule is CC1(C)c2cc(-c3cccc4c3ccc3c(-c5ccccc5)c(-c5ccccc5)n(-c5ccc(-c6ccccc6)cc5)c34)ccc2-c2ccc(N(c3ccc(-c4ccccc4)cc3)c3ccc(N(c4ccccc4)c4ccccc4)cc3)cc21. The summed E-state index contributed by atoms with van der Waals surface area (Å²) < 4.78 is 2.52. The first kappa shape index (κ1) is 50.2. The first-order valence-corrected chi connectivity index (χ1v) is 29.1. The molecular formula is C81H59N3. The van der Waals surface area contributed by atoms with Crippen molar-refractivity contribution in [3.8, 4) is 72.6 Å². The summed E-state index contributed by atoms with van der Waals surface area (Å²) in [6, 6.07) is 117. The van der Waals surface area contributed by atoms with Crippen molar-refractivity contribution in [2.45, 2.75) is 19.3 Å². The maximum Gasteiger partial charge on any atom is 0.0620 e. The van der Waals surface area contributed by atoms with Crippen LogP contribution in [0.4, 0.5) is 34.1 Å². The van der Waals surface area contributed by atoms with Gasteiger partial charge in [-0.25, -0.2) is 0 Å². The number of benzene rings is 13. The van der Waals surface area contributed by atoms with Crippen molar-refractivity contribution in [1.29, 1.82) is 0 Å². The monoisotopic (exact) mass is 1070 g/mol. The van der Waals surface area contributed by atoms with Gasteiger partial charge in [-0.05, 0) is 163 Å². The van der Waals surface area contributed by atoms with Crippen molar-refractivity contribution in [3.63, 3.8) is 0 Å². The van der Waals surface area contributed by atoms with Gasteiger partial charge < -0.3 is 14.4 Å². The topological polar surface area (TPSA) is 11.4 Å². The fourth-order valence-electron chi connectivity index (χ4n) is 13.1. The number of fused-ring (bicyclic) bond motifs is 6. The molecule has 0 fully saturated rings. The van der Waals surface area contributed by atoms with Gasteiger partial charge in [0, 0.05) is 61.6 Å². The fourth-order valence-corrected chi connectivity index (χ4v) is 13.1. The molecule has 84 heavy (non-hydrogen) atoms. The third-order valence-corrected chi connectivity index (χ3v) is 17.2. The summed E-state index contributed by atoms with van der Waals surface area (Å²) in [7, 11) is 0. The second kappa shape index (κ2) is 21.0. The number of hydrogen-bond acceptors (Lipinski definition) is 2. The van der Waals surface area contributed by atoms with Crippen LogP contribution in [0.1, 0.15) is 25.0 Å². The molecule has 0 bridgehead atoms. The summed E-state index contributed by atoms with van der Waals surface area (Å²) in [5, 5.41) is 3.65. The Morgan fingerprint density at radius 1 is 0.262 bits per heavy atom. The van der Waals surface area contributed by atoms with E-state index in [4.69, 9.17) is 0 Å². The first-order chi connectivity index (χ1) is 41.4. The molecule has 398 valence electrons. The third kappa shape index (κ3) is 8.77. The molecule has 1 aliphatic rings. The zero-order chi connectivity index (χ0) is 56.1. The summed E-state index contributed by atoms with van der Waals surface area (Å²) in [6.07, 6.45) is 0. The lowest BCUT2D eigenvalue weighted by atomic mass is 9.81. The van der Waals surface area contributed by atoms with E-state index in [0.29, 0.717) is 0 Å². The van der Waals surface area contributed by atoms with E-state index in [1.165, 1.54) is 99.7 Å². The standard InChI is InChI=1S/C81H59N3/c1-81(2)76-54-62(70-34-21-35-74-71(70)52-53-75-78(60-26-13-5-14-27-60)79(61-28-15-6-16-29-61)84(80(74)75)68-43-38-59(39-44-68)57-24-11-4-12-25-57)40-50-72(76)73-51-49-69(55-77(73)81)83(65-41-36-58(37-42-65)56-22-9-3-10-23-56)67-47-45-66(46-48-67)82(63-30-17-7-18-31-63)64-32-19-8-20-33-64/h3-55H,1-2H3. The molecule has 14 aromatic rings. The summed E-state index contributed by atoms with van der Waals surface area (Å²) >= 11 is 0. The Kier molecular flexibility index (Phi) is 12.5. The highest BCUT2D eigenvalue weighted by Crippen LogP contribution is 2.53. The lowest BCUT2D eigenvalue weighted by Gasteiger charge is -2.29. The van der Waals surface area contributed by atoms with E-state index in [9.17, 15) is 0 Å². The minimum absolute atomic E-state index is 0.303. The van der Waals surface area contributed by atoms with Gasteiger partial charge in [0.05, 0.1) is 11.2 Å². The zero-order valence-corrected chi connectivity index (χ0v) is 46.9. The van der Waals surface area contributed by atoms with Gasteiger partial charge in [0.25, 0.3) is 0 Å². The van der Waals surface area contributed by atoms with Gasteiger partial charge in [-0.1, -0.05) is 244 Å². The number of anilines is 6. The molecule has 0 N–H and O–H groups in total. The molecule has 0 unspecified atom stereocenters. The van der Waals surface area contributed by atoms with E-state index >= 15 is 0 Å². The van der Waals surface area contributed by atoms with Crippen molar-refractivity contribution in [2.24, 2.45) is 0 Å². The van der Waals surface area contributed by atoms with E-state index in [1.54, 1.807) is 0 Å². The van der Waals surface area contributed by atoms with Crippen LogP contribution in [-0.2, 0) is 5.41 Å². The molecule has 0 atom stereocenters. The highest BCUT2D eigenvalue weighted by Gasteiger charge is 2.37. The zero-order valence-electron chi connectivity index (χ0n) is 46.9. The van der Waals surface area contributed by atoms with Gasteiger partial charge in [-0.2, -0.15) is 0 Å². The van der Waals surface area contributed by atoms with Crippen LogP contribution in [0.2, 0.25) is 0 Å². The lowest BCUT2D eigenvalue weighted by Crippen LogP contribution is -2.17. The van der Waals surface area contributed by atoms with Crippen LogP contribution in [-0.4, -0.2) is 4.57 Å². The van der Waals surface area contributed by atoms with Crippen LogP contribution >= 0.6 is 0 Å². The number of aromatic nitrogens is 1. The summed E-state index contributed by atoms with van der Waals surface area (Å²) in [5.41, 5.74) is 25.8. The Hall–Kier alpha value is -10.7.